The third-order valence-corrected chi connectivity index (χ3v) is 7.07. The van der Waals surface area contributed by atoms with Crippen molar-refractivity contribution in [3.63, 3.8) is 0 Å². The lowest BCUT2D eigenvalue weighted by molar-refractivity contribution is -0.118. The van der Waals surface area contributed by atoms with Gasteiger partial charge in [0.15, 0.2) is 0 Å². The maximum atomic E-state index is 13.0. The third-order valence-electron chi connectivity index (χ3n) is 6.36. The van der Waals surface area contributed by atoms with E-state index in [1.807, 2.05) is 32.0 Å². The van der Waals surface area contributed by atoms with E-state index >= 15 is 0 Å². The van der Waals surface area contributed by atoms with E-state index in [4.69, 9.17) is 33.3 Å². The number of carbonyl (C=O) groups excluding carboxylic acids is 1. The lowest BCUT2D eigenvalue weighted by Gasteiger charge is -2.31. The molecular formula is C26H30ClN5O5S. The molecule has 0 bridgehead atoms. The molecule has 1 aromatic heterocycles. The van der Waals surface area contributed by atoms with Crippen LogP contribution in [-0.4, -0.2) is 70.4 Å². The van der Waals surface area contributed by atoms with Gasteiger partial charge < -0.3 is 35.4 Å². The number of aromatic nitrogens is 1. The van der Waals surface area contributed by atoms with E-state index in [-0.39, 0.29) is 31.2 Å². The number of morpholine rings is 1. The van der Waals surface area contributed by atoms with Crippen molar-refractivity contribution in [1.82, 2.24) is 20.5 Å². The van der Waals surface area contributed by atoms with Gasteiger partial charge in [-0.25, -0.2) is 4.79 Å². The molecule has 1 aromatic carbocycles. The Kier molecular flexibility index (Phi) is 9.03. The van der Waals surface area contributed by atoms with Gasteiger partial charge in [-0.3, -0.25) is 9.78 Å². The van der Waals surface area contributed by atoms with E-state index in [1.54, 1.807) is 18.5 Å². The molecule has 2 atom stereocenters. The first-order chi connectivity index (χ1) is 18.2. The number of carboxylic acid groups (broad SMARTS) is 1. The molecule has 2 aliphatic heterocycles. The number of rotatable bonds is 8. The first-order valence-corrected chi connectivity index (χ1v) is 13.0. The van der Waals surface area contributed by atoms with Crippen molar-refractivity contribution in [2.24, 2.45) is 0 Å². The quantitative estimate of drug-likeness (QED) is 0.360. The van der Waals surface area contributed by atoms with Gasteiger partial charge in [-0.15, -0.1) is 0 Å². The molecule has 0 radical (unpaired) electrons. The molecule has 12 heteroatoms. The summed E-state index contributed by atoms with van der Waals surface area (Å²) in [5.41, 5.74) is 3.48. The summed E-state index contributed by atoms with van der Waals surface area (Å²) in [4.78, 5) is 30.0. The zero-order chi connectivity index (χ0) is 27.2. The van der Waals surface area contributed by atoms with E-state index in [2.05, 4.69) is 20.9 Å². The van der Waals surface area contributed by atoms with Gasteiger partial charge in [0.25, 0.3) is 5.91 Å². The smallest absolute Gasteiger partial charge is 0.407 e. The monoisotopic (exact) mass is 559 g/mol. The van der Waals surface area contributed by atoms with E-state index in [0.717, 1.165) is 16.8 Å². The normalized spacial score (nSPS) is 19.6. The maximum absolute atomic E-state index is 13.0. The van der Waals surface area contributed by atoms with Gasteiger partial charge in [0.05, 0.1) is 24.9 Å². The first kappa shape index (κ1) is 27.6. The number of carbonyl (C=O) groups is 2. The van der Waals surface area contributed by atoms with Crippen LogP contribution < -0.4 is 20.7 Å². The van der Waals surface area contributed by atoms with Crippen LogP contribution in [0.1, 0.15) is 24.5 Å². The molecule has 0 spiro atoms. The average molecular weight is 560 g/mol. The number of hydrogen-bond donors (Lipinski definition) is 4. The van der Waals surface area contributed by atoms with Crippen LogP contribution in [0, 0.1) is 6.92 Å². The Labute approximate surface area is 231 Å². The number of halogens is 1. The lowest BCUT2D eigenvalue weighted by atomic mass is 10.0. The predicted octanol–water partition coefficient (Wildman–Crippen LogP) is 3.49. The van der Waals surface area contributed by atoms with Crippen LogP contribution in [0.3, 0.4) is 0 Å². The molecule has 1 fully saturated rings. The summed E-state index contributed by atoms with van der Waals surface area (Å²) in [7, 11) is 0. The van der Waals surface area contributed by atoms with Crippen LogP contribution in [0.4, 0.5) is 10.5 Å². The van der Waals surface area contributed by atoms with Crippen molar-refractivity contribution in [2.75, 3.05) is 31.6 Å². The van der Waals surface area contributed by atoms with Crippen molar-refractivity contribution < 1.29 is 24.2 Å². The van der Waals surface area contributed by atoms with Crippen molar-refractivity contribution >= 4 is 46.5 Å². The van der Waals surface area contributed by atoms with Gasteiger partial charge in [-0.2, -0.15) is 0 Å². The molecule has 2 amide bonds. The average Bonchev–Trinajstić information content (AvgIpc) is 2.89. The van der Waals surface area contributed by atoms with E-state index in [9.17, 15) is 14.7 Å². The molecule has 4 N–H and O–H groups in total. The summed E-state index contributed by atoms with van der Waals surface area (Å²) >= 11 is 11.9. The van der Waals surface area contributed by atoms with Crippen LogP contribution in [0.2, 0.25) is 5.02 Å². The summed E-state index contributed by atoms with van der Waals surface area (Å²) in [6.45, 7) is 5.26. The minimum absolute atomic E-state index is 0.0711. The van der Waals surface area contributed by atoms with Crippen molar-refractivity contribution in [3.8, 4) is 5.75 Å². The summed E-state index contributed by atoms with van der Waals surface area (Å²) in [5.74, 6) is 0.286. The van der Waals surface area contributed by atoms with Crippen LogP contribution in [0.5, 0.6) is 5.75 Å². The molecule has 0 aliphatic carbocycles. The molecule has 38 heavy (non-hydrogen) atoms. The Balaban J connectivity index is 1.47. The molecular weight excluding hydrogens is 530 g/mol. The van der Waals surface area contributed by atoms with E-state index in [1.165, 1.54) is 4.90 Å². The first-order valence-electron chi connectivity index (χ1n) is 12.2. The number of ether oxygens (including phenoxy) is 2. The Hall–Kier alpha value is -3.41. The number of amides is 2. The number of pyridine rings is 1. The van der Waals surface area contributed by atoms with Gasteiger partial charge in [-0.1, -0.05) is 29.9 Å². The molecule has 4 rings (SSSR count). The number of benzene rings is 1. The maximum Gasteiger partial charge on any atom is 0.407 e. The van der Waals surface area contributed by atoms with Crippen LogP contribution in [0.15, 0.2) is 47.9 Å². The molecule has 202 valence electrons. The van der Waals surface area contributed by atoms with E-state index < -0.39 is 6.09 Å². The number of nitrogens with one attached hydrogen (secondary N) is 3. The minimum atomic E-state index is -0.975. The van der Waals surface area contributed by atoms with Gasteiger partial charge in [0.1, 0.15) is 23.4 Å². The molecule has 0 unspecified atom stereocenters. The summed E-state index contributed by atoms with van der Waals surface area (Å²) in [5, 5.41) is 19.3. The van der Waals surface area contributed by atoms with Gasteiger partial charge in [-0.05, 0) is 37.6 Å². The highest BCUT2D eigenvalue weighted by atomic mass is 35.5. The summed E-state index contributed by atoms with van der Waals surface area (Å²) in [6.07, 6.45) is 2.48. The van der Waals surface area contributed by atoms with Crippen LogP contribution >= 0.6 is 23.8 Å². The second-order valence-electron chi connectivity index (χ2n) is 9.17. The zero-order valence-electron chi connectivity index (χ0n) is 21.1. The SMILES string of the molecule is Cc1c(Cl)cccc1NC(=S)C1=C(NCc2ccncc2OC[C@@H]2CN(C(=O)O)CCO2)C[C@@H](C)NC1=O. The Morgan fingerprint density at radius 2 is 2.21 bits per heavy atom. The highest BCUT2D eigenvalue weighted by Crippen LogP contribution is 2.26. The Bertz CT molecular complexity index is 1260. The van der Waals surface area contributed by atoms with Crippen molar-refractivity contribution in [2.45, 2.75) is 39.0 Å². The standard InChI is InChI=1S/C26H30ClN5O5S/c1-15-10-21(23(24(33)30-15)25(38)31-20-5-3-4-19(27)16(20)2)29-11-17-6-7-28-12-22(17)37-14-18-13-32(26(34)35)8-9-36-18/h3-7,12,15,18,29H,8-11,13-14H2,1-2H3,(H,30,33)(H,31,38)(H,34,35)/t15-,18+/m1/s1. The van der Waals surface area contributed by atoms with E-state index in [0.29, 0.717) is 53.1 Å². The minimum Gasteiger partial charge on any atom is -0.489 e. The second-order valence-corrected chi connectivity index (χ2v) is 9.98. The molecule has 2 aliphatic rings. The highest BCUT2D eigenvalue weighted by Gasteiger charge is 2.28. The summed E-state index contributed by atoms with van der Waals surface area (Å²) < 4.78 is 11.6. The predicted molar refractivity (Wildman–Crippen MR) is 148 cm³/mol. The largest absolute Gasteiger partial charge is 0.489 e. The number of hydrogen-bond acceptors (Lipinski definition) is 7. The number of thiocarbonyl (C=S) groups is 1. The lowest BCUT2D eigenvalue weighted by Crippen LogP contribution is -2.47. The van der Waals surface area contributed by atoms with Gasteiger partial charge >= 0.3 is 6.09 Å². The summed E-state index contributed by atoms with van der Waals surface area (Å²) in [6, 6.07) is 7.23. The number of anilines is 1. The highest BCUT2D eigenvalue weighted by molar-refractivity contribution is 7.81. The van der Waals surface area contributed by atoms with Gasteiger partial charge in [0.2, 0.25) is 0 Å². The fraction of sp³-hybridized carbons (Fsp3) is 0.385. The fourth-order valence-electron chi connectivity index (χ4n) is 4.28. The van der Waals surface area contributed by atoms with Crippen LogP contribution in [0.25, 0.3) is 0 Å². The topological polar surface area (TPSA) is 125 Å². The molecule has 10 nitrogen and oxygen atoms in total. The Morgan fingerprint density at radius 3 is 3.00 bits per heavy atom. The van der Waals surface area contributed by atoms with Gasteiger partial charge in [0, 0.05) is 53.7 Å². The fourth-order valence-corrected chi connectivity index (χ4v) is 4.78. The third kappa shape index (κ3) is 6.72. The van der Waals surface area contributed by atoms with Crippen LogP contribution in [-0.2, 0) is 16.1 Å². The number of nitrogens with zero attached hydrogens (tertiary/aromatic N) is 2. The molecule has 3 heterocycles. The molecule has 1 saturated heterocycles. The Morgan fingerprint density at radius 1 is 1.39 bits per heavy atom. The van der Waals surface area contributed by atoms with Crippen molar-refractivity contribution in [3.05, 3.63) is 64.1 Å². The molecule has 0 saturated carbocycles. The molecule has 2 aromatic rings. The second kappa shape index (κ2) is 12.4. The zero-order valence-corrected chi connectivity index (χ0v) is 22.7. The van der Waals surface area contributed by atoms with Crippen molar-refractivity contribution in [1.29, 1.82) is 0 Å².